The van der Waals surface area contributed by atoms with Crippen molar-refractivity contribution in [3.63, 3.8) is 0 Å². The molecule has 0 radical (unpaired) electrons. The minimum atomic E-state index is -0.472. The van der Waals surface area contributed by atoms with Crippen LogP contribution in [0.4, 0.5) is 11.4 Å². The number of aryl methyl sites for hydroxylation is 2. The number of rotatable bonds is 9. The number of carbonyl (C=O) groups is 3. The number of carbonyl (C=O) groups excluding carboxylic acids is 3. The summed E-state index contributed by atoms with van der Waals surface area (Å²) in [6.07, 6.45) is 1.63. The molecular weight excluding hydrogens is 598 g/mol. The predicted octanol–water partition coefficient (Wildman–Crippen LogP) is 7.59. The quantitative estimate of drug-likeness (QED) is 0.132. The second-order valence-electron chi connectivity index (χ2n) is 9.48. The summed E-state index contributed by atoms with van der Waals surface area (Å²) in [5, 5.41) is 8.27. The highest BCUT2D eigenvalue weighted by Crippen LogP contribution is 2.27. The van der Waals surface area contributed by atoms with Crippen molar-refractivity contribution in [3.8, 4) is 0 Å². The number of nitrogens with one attached hydrogen (secondary N) is 3. The summed E-state index contributed by atoms with van der Waals surface area (Å²) < 4.78 is 0.903. The molecule has 0 aliphatic heterocycles. The van der Waals surface area contributed by atoms with Crippen LogP contribution < -0.4 is 16.0 Å². The molecule has 0 saturated heterocycles. The molecule has 0 aliphatic rings. The highest BCUT2D eigenvalue weighted by atomic mass is 79.9. The molecule has 0 heterocycles. The Balaban J connectivity index is 1.48. The zero-order valence-corrected chi connectivity index (χ0v) is 25.3. The summed E-state index contributed by atoms with van der Waals surface area (Å²) in [5.41, 5.74) is 4.69. The molecule has 0 fully saturated rings. The van der Waals surface area contributed by atoms with Gasteiger partial charge < -0.3 is 16.0 Å². The van der Waals surface area contributed by atoms with Gasteiger partial charge in [0.25, 0.3) is 11.8 Å². The largest absolute Gasteiger partial charge is 0.325 e. The third-order valence-electron chi connectivity index (χ3n) is 6.13. The first-order valence-electron chi connectivity index (χ1n) is 13.0. The molecule has 0 saturated carbocycles. The molecule has 0 aliphatic carbocycles. The molecule has 4 aromatic carbocycles. The number of amides is 3. The molecule has 0 aromatic heterocycles. The van der Waals surface area contributed by atoms with Crippen molar-refractivity contribution in [3.05, 3.63) is 129 Å². The summed E-state index contributed by atoms with van der Waals surface area (Å²) in [5.74, 6) is -0.973. The van der Waals surface area contributed by atoms with Crippen LogP contribution in [0.25, 0.3) is 6.08 Å². The molecule has 41 heavy (non-hydrogen) atoms. The lowest BCUT2D eigenvalue weighted by atomic mass is 10.1. The second kappa shape index (κ2) is 14.0. The highest BCUT2D eigenvalue weighted by molar-refractivity contribution is 9.10. The molecule has 1 atom stereocenters. The average molecular weight is 629 g/mol. The Morgan fingerprint density at radius 3 is 2.29 bits per heavy atom. The van der Waals surface area contributed by atoms with Crippen LogP contribution in [0.15, 0.2) is 112 Å². The van der Waals surface area contributed by atoms with Crippen LogP contribution >= 0.6 is 27.7 Å². The third-order valence-corrected chi connectivity index (χ3v) is 7.76. The number of hydrogen-bond donors (Lipinski definition) is 3. The summed E-state index contributed by atoms with van der Waals surface area (Å²) in [4.78, 5) is 40.0. The molecule has 208 valence electrons. The number of benzene rings is 4. The van der Waals surface area contributed by atoms with Gasteiger partial charge >= 0.3 is 0 Å². The van der Waals surface area contributed by atoms with Crippen molar-refractivity contribution < 1.29 is 14.4 Å². The van der Waals surface area contributed by atoms with Crippen molar-refractivity contribution in [1.82, 2.24) is 5.32 Å². The van der Waals surface area contributed by atoms with E-state index in [0.29, 0.717) is 11.3 Å². The molecule has 4 aromatic rings. The van der Waals surface area contributed by atoms with E-state index in [9.17, 15) is 14.4 Å². The molecule has 8 heteroatoms. The van der Waals surface area contributed by atoms with Crippen LogP contribution in [0.2, 0.25) is 0 Å². The average Bonchev–Trinajstić information content (AvgIpc) is 2.96. The maximum absolute atomic E-state index is 13.4. The maximum Gasteiger partial charge on any atom is 0.272 e. The lowest BCUT2D eigenvalue weighted by Crippen LogP contribution is -2.30. The summed E-state index contributed by atoms with van der Waals surface area (Å²) in [6.45, 7) is 5.79. The number of hydrogen-bond acceptors (Lipinski definition) is 4. The zero-order chi connectivity index (χ0) is 29.4. The van der Waals surface area contributed by atoms with Crippen molar-refractivity contribution in [1.29, 1.82) is 0 Å². The van der Waals surface area contributed by atoms with Crippen LogP contribution in [0, 0.1) is 13.8 Å². The number of thioether (sulfide) groups is 1. The summed E-state index contributed by atoms with van der Waals surface area (Å²) >= 11 is 4.80. The normalized spacial score (nSPS) is 11.9. The Kier molecular flexibility index (Phi) is 10.2. The van der Waals surface area contributed by atoms with Gasteiger partial charge in [-0.1, -0.05) is 64.5 Å². The lowest BCUT2D eigenvalue weighted by molar-refractivity contribution is -0.115. The maximum atomic E-state index is 13.4. The summed E-state index contributed by atoms with van der Waals surface area (Å²) in [7, 11) is 0. The van der Waals surface area contributed by atoms with Gasteiger partial charge in [0.05, 0.1) is 5.25 Å². The first-order valence-corrected chi connectivity index (χ1v) is 14.6. The van der Waals surface area contributed by atoms with Crippen molar-refractivity contribution in [2.45, 2.75) is 30.9 Å². The zero-order valence-electron chi connectivity index (χ0n) is 22.9. The first kappa shape index (κ1) is 29.8. The third kappa shape index (κ3) is 8.67. The van der Waals surface area contributed by atoms with E-state index in [2.05, 4.69) is 31.9 Å². The molecule has 4 rings (SSSR count). The van der Waals surface area contributed by atoms with Gasteiger partial charge in [-0.25, -0.2) is 0 Å². The van der Waals surface area contributed by atoms with Gasteiger partial charge in [0.1, 0.15) is 5.70 Å². The van der Waals surface area contributed by atoms with Gasteiger partial charge in [0.2, 0.25) is 5.91 Å². The number of halogens is 1. The van der Waals surface area contributed by atoms with E-state index < -0.39 is 11.8 Å². The van der Waals surface area contributed by atoms with E-state index >= 15 is 0 Å². The van der Waals surface area contributed by atoms with Crippen molar-refractivity contribution >= 4 is 62.9 Å². The molecule has 0 spiro atoms. The monoisotopic (exact) mass is 627 g/mol. The number of anilines is 2. The Morgan fingerprint density at radius 2 is 1.56 bits per heavy atom. The van der Waals surface area contributed by atoms with Crippen LogP contribution in [0.3, 0.4) is 0 Å². The van der Waals surface area contributed by atoms with E-state index in [-0.39, 0.29) is 16.9 Å². The van der Waals surface area contributed by atoms with E-state index in [4.69, 9.17) is 0 Å². The van der Waals surface area contributed by atoms with Crippen LogP contribution in [0.1, 0.15) is 34.0 Å². The Bertz CT molecular complexity index is 1590. The molecule has 3 amide bonds. The van der Waals surface area contributed by atoms with E-state index in [1.807, 2.05) is 81.4 Å². The fraction of sp³-hybridized carbons (Fsp3) is 0.121. The SMILES string of the molecule is Cc1ccc(C)c(NC(=O)C(C)Sc2cccc(NC(=O)/C(=C/c3ccc(Br)cc3)NC(=O)c3ccccc3)c2)c1. The predicted molar refractivity (Wildman–Crippen MR) is 171 cm³/mol. The van der Waals surface area contributed by atoms with Crippen molar-refractivity contribution in [2.24, 2.45) is 0 Å². The molecule has 6 nitrogen and oxygen atoms in total. The lowest BCUT2D eigenvalue weighted by Gasteiger charge is -2.15. The smallest absolute Gasteiger partial charge is 0.272 e. The van der Waals surface area contributed by atoms with Crippen LogP contribution in [0.5, 0.6) is 0 Å². The van der Waals surface area contributed by atoms with E-state index in [1.165, 1.54) is 11.8 Å². The fourth-order valence-electron chi connectivity index (χ4n) is 3.88. The Hall–Kier alpha value is -4.14. The second-order valence-corrected chi connectivity index (χ2v) is 11.8. The van der Waals surface area contributed by atoms with Gasteiger partial charge in [-0.2, -0.15) is 0 Å². The minimum absolute atomic E-state index is 0.0977. The molecule has 3 N–H and O–H groups in total. The molecule has 0 bridgehead atoms. The topological polar surface area (TPSA) is 87.3 Å². The van der Waals surface area contributed by atoms with Gasteiger partial charge in [-0.3, -0.25) is 14.4 Å². The minimum Gasteiger partial charge on any atom is -0.325 e. The van der Waals surface area contributed by atoms with E-state index in [1.54, 1.807) is 42.5 Å². The van der Waals surface area contributed by atoms with Crippen LogP contribution in [-0.4, -0.2) is 23.0 Å². The van der Waals surface area contributed by atoms with Gasteiger partial charge in [-0.05, 0) is 92.1 Å². The molecule has 1 unspecified atom stereocenters. The molecular formula is C33H30BrN3O3S. The standard InChI is InChI=1S/C33H30BrN3O3S/c1-21-12-13-22(2)29(18-21)36-31(38)23(3)41-28-11-7-10-27(20-28)35-33(40)30(19-24-14-16-26(34)17-15-24)37-32(39)25-8-5-4-6-9-25/h4-20,23H,1-3H3,(H,35,40)(H,36,38)(H,37,39)/b30-19-. The van der Waals surface area contributed by atoms with Gasteiger partial charge in [0, 0.05) is 26.3 Å². The van der Waals surface area contributed by atoms with Gasteiger partial charge in [0.15, 0.2) is 0 Å². The first-order chi connectivity index (χ1) is 19.7. The van der Waals surface area contributed by atoms with Crippen LogP contribution in [-0.2, 0) is 9.59 Å². The van der Waals surface area contributed by atoms with Gasteiger partial charge in [-0.15, -0.1) is 11.8 Å². The fourth-order valence-corrected chi connectivity index (χ4v) is 5.07. The highest BCUT2D eigenvalue weighted by Gasteiger charge is 2.18. The van der Waals surface area contributed by atoms with Crippen molar-refractivity contribution in [2.75, 3.05) is 10.6 Å². The summed E-state index contributed by atoms with van der Waals surface area (Å²) in [6, 6.07) is 29.3. The van der Waals surface area contributed by atoms with E-state index in [0.717, 1.165) is 31.7 Å². The Morgan fingerprint density at radius 1 is 0.829 bits per heavy atom. The Labute approximate surface area is 252 Å².